The second kappa shape index (κ2) is 7.22. The Kier molecular flexibility index (Phi) is 5.08. The minimum atomic E-state index is -0.256. The zero-order valence-electron chi connectivity index (χ0n) is 13.2. The quantitative estimate of drug-likeness (QED) is 0.781. The van der Waals surface area contributed by atoms with Gasteiger partial charge in [0.2, 0.25) is 0 Å². The fraction of sp³-hybridized carbons (Fsp3) is 0.588. The highest BCUT2D eigenvalue weighted by Gasteiger charge is 2.19. The molecule has 0 saturated carbocycles. The molecule has 22 heavy (non-hydrogen) atoms. The number of esters is 1. The van der Waals surface area contributed by atoms with Gasteiger partial charge in [-0.05, 0) is 29.7 Å². The van der Waals surface area contributed by atoms with Gasteiger partial charge in [0.15, 0.2) is 0 Å². The molecular formula is C17H24N2O3. The molecule has 2 heterocycles. The number of hydrogen-bond donors (Lipinski definition) is 0. The van der Waals surface area contributed by atoms with E-state index in [9.17, 15) is 4.79 Å². The van der Waals surface area contributed by atoms with Crippen LogP contribution in [0.3, 0.4) is 0 Å². The van der Waals surface area contributed by atoms with Crippen LogP contribution in [0.4, 0.5) is 0 Å². The van der Waals surface area contributed by atoms with Gasteiger partial charge >= 0.3 is 5.97 Å². The molecule has 1 aromatic rings. The summed E-state index contributed by atoms with van der Waals surface area (Å²) in [5.74, 6) is -0.256. The van der Waals surface area contributed by atoms with Crippen molar-refractivity contribution in [1.82, 2.24) is 9.80 Å². The summed E-state index contributed by atoms with van der Waals surface area (Å²) < 4.78 is 10.2. The van der Waals surface area contributed by atoms with E-state index in [2.05, 4.69) is 15.9 Å². The van der Waals surface area contributed by atoms with Gasteiger partial charge in [0.1, 0.15) is 0 Å². The molecule has 0 N–H and O–H groups in total. The van der Waals surface area contributed by atoms with E-state index >= 15 is 0 Å². The summed E-state index contributed by atoms with van der Waals surface area (Å²) in [5, 5.41) is 0. The molecule has 120 valence electrons. The minimum Gasteiger partial charge on any atom is -0.465 e. The molecule has 5 nitrogen and oxygen atoms in total. The maximum atomic E-state index is 11.7. The van der Waals surface area contributed by atoms with Crippen molar-refractivity contribution in [2.24, 2.45) is 0 Å². The molecule has 0 aliphatic carbocycles. The maximum Gasteiger partial charge on any atom is 0.337 e. The molecule has 5 heteroatoms. The number of hydrogen-bond acceptors (Lipinski definition) is 5. The monoisotopic (exact) mass is 304 g/mol. The summed E-state index contributed by atoms with van der Waals surface area (Å²) in [6, 6.07) is 5.93. The van der Waals surface area contributed by atoms with E-state index in [0.717, 1.165) is 58.9 Å². The van der Waals surface area contributed by atoms with Gasteiger partial charge in [-0.15, -0.1) is 0 Å². The Morgan fingerprint density at radius 3 is 2.68 bits per heavy atom. The molecule has 2 aliphatic rings. The fourth-order valence-corrected chi connectivity index (χ4v) is 3.16. The first kappa shape index (κ1) is 15.5. The molecule has 0 spiro atoms. The van der Waals surface area contributed by atoms with Crippen LogP contribution in [0, 0.1) is 0 Å². The highest BCUT2D eigenvalue weighted by atomic mass is 16.5. The predicted octanol–water partition coefficient (Wildman–Crippen LogP) is 1.16. The van der Waals surface area contributed by atoms with E-state index in [-0.39, 0.29) is 5.97 Å². The van der Waals surface area contributed by atoms with E-state index in [1.54, 1.807) is 0 Å². The normalized spacial score (nSPS) is 19.7. The van der Waals surface area contributed by atoms with Crippen molar-refractivity contribution >= 4 is 5.97 Å². The number of fused-ring (bicyclic) bond motifs is 1. The molecule has 1 fully saturated rings. The lowest BCUT2D eigenvalue weighted by atomic mass is 9.97. The first-order valence-corrected chi connectivity index (χ1v) is 7.99. The summed E-state index contributed by atoms with van der Waals surface area (Å²) in [4.78, 5) is 16.6. The van der Waals surface area contributed by atoms with Crippen LogP contribution in [0.2, 0.25) is 0 Å². The Morgan fingerprint density at radius 2 is 1.91 bits per heavy atom. The maximum absolute atomic E-state index is 11.7. The molecule has 0 amide bonds. The summed E-state index contributed by atoms with van der Waals surface area (Å²) >= 11 is 0. The smallest absolute Gasteiger partial charge is 0.337 e. The van der Waals surface area contributed by atoms with Gasteiger partial charge in [-0.3, -0.25) is 9.80 Å². The number of morpholine rings is 1. The van der Waals surface area contributed by atoms with Crippen LogP contribution >= 0.6 is 0 Å². The molecule has 1 saturated heterocycles. The molecule has 0 aromatic heterocycles. The lowest BCUT2D eigenvalue weighted by Gasteiger charge is -2.32. The van der Waals surface area contributed by atoms with Gasteiger partial charge in [-0.25, -0.2) is 4.79 Å². The van der Waals surface area contributed by atoms with Gasteiger partial charge < -0.3 is 9.47 Å². The zero-order valence-corrected chi connectivity index (χ0v) is 13.2. The summed E-state index contributed by atoms with van der Waals surface area (Å²) in [5.41, 5.74) is 3.27. The van der Waals surface area contributed by atoms with Crippen molar-refractivity contribution in [3.63, 3.8) is 0 Å². The van der Waals surface area contributed by atoms with Crippen LogP contribution < -0.4 is 0 Å². The zero-order chi connectivity index (χ0) is 15.4. The van der Waals surface area contributed by atoms with Gasteiger partial charge in [-0.1, -0.05) is 6.07 Å². The van der Waals surface area contributed by atoms with Crippen molar-refractivity contribution in [2.45, 2.75) is 13.0 Å². The van der Waals surface area contributed by atoms with Gasteiger partial charge in [0.05, 0.1) is 25.9 Å². The number of ether oxygens (including phenoxy) is 2. The molecular weight excluding hydrogens is 280 g/mol. The van der Waals surface area contributed by atoms with Crippen molar-refractivity contribution in [1.29, 1.82) is 0 Å². The number of methoxy groups -OCH3 is 1. The van der Waals surface area contributed by atoms with Crippen LogP contribution in [-0.4, -0.2) is 68.8 Å². The van der Waals surface area contributed by atoms with Crippen molar-refractivity contribution in [2.75, 3.05) is 53.0 Å². The van der Waals surface area contributed by atoms with Gasteiger partial charge in [0.25, 0.3) is 0 Å². The third-order valence-electron chi connectivity index (χ3n) is 4.55. The van der Waals surface area contributed by atoms with E-state index in [1.165, 1.54) is 18.2 Å². The first-order valence-electron chi connectivity index (χ1n) is 7.99. The standard InChI is InChI=1S/C17H24N2O3/c1-21-17(20)15-3-2-14-4-5-19(13-16(14)12-15)7-6-18-8-10-22-11-9-18/h2-3,12H,4-11,13H2,1H3. The third kappa shape index (κ3) is 3.66. The Morgan fingerprint density at radius 1 is 1.14 bits per heavy atom. The Bertz CT molecular complexity index is 527. The van der Waals surface area contributed by atoms with Crippen LogP contribution in [0.15, 0.2) is 18.2 Å². The van der Waals surface area contributed by atoms with Crippen molar-refractivity contribution in [3.8, 4) is 0 Å². The molecule has 0 atom stereocenters. The highest BCUT2D eigenvalue weighted by molar-refractivity contribution is 5.89. The largest absolute Gasteiger partial charge is 0.465 e. The summed E-state index contributed by atoms with van der Waals surface area (Å²) in [6.07, 6.45) is 1.06. The van der Waals surface area contributed by atoms with Crippen LogP contribution in [0.1, 0.15) is 21.5 Å². The molecule has 3 rings (SSSR count). The molecule has 2 aliphatic heterocycles. The van der Waals surface area contributed by atoms with Crippen molar-refractivity contribution < 1.29 is 14.3 Å². The number of carbonyl (C=O) groups excluding carboxylic acids is 1. The van der Waals surface area contributed by atoms with Crippen LogP contribution in [-0.2, 0) is 22.4 Å². The Hall–Kier alpha value is -1.43. The van der Waals surface area contributed by atoms with Crippen LogP contribution in [0.5, 0.6) is 0 Å². The second-order valence-corrected chi connectivity index (χ2v) is 5.96. The Balaban J connectivity index is 1.58. The summed E-state index contributed by atoms with van der Waals surface area (Å²) in [7, 11) is 1.43. The van der Waals surface area contributed by atoms with Crippen LogP contribution in [0.25, 0.3) is 0 Å². The number of nitrogens with zero attached hydrogens (tertiary/aromatic N) is 2. The number of rotatable bonds is 4. The summed E-state index contributed by atoms with van der Waals surface area (Å²) in [6.45, 7) is 7.96. The van der Waals surface area contributed by atoms with Gasteiger partial charge in [0, 0.05) is 39.3 Å². The second-order valence-electron chi connectivity index (χ2n) is 5.96. The fourth-order valence-electron chi connectivity index (χ4n) is 3.16. The topological polar surface area (TPSA) is 42.0 Å². The molecule has 0 radical (unpaired) electrons. The predicted molar refractivity (Wildman–Crippen MR) is 84.0 cm³/mol. The van der Waals surface area contributed by atoms with Crippen molar-refractivity contribution in [3.05, 3.63) is 34.9 Å². The molecule has 0 bridgehead atoms. The third-order valence-corrected chi connectivity index (χ3v) is 4.55. The minimum absolute atomic E-state index is 0.256. The van der Waals surface area contributed by atoms with E-state index in [4.69, 9.17) is 9.47 Å². The van der Waals surface area contributed by atoms with Gasteiger partial charge in [-0.2, -0.15) is 0 Å². The number of benzene rings is 1. The first-order chi connectivity index (χ1) is 10.8. The lowest BCUT2D eigenvalue weighted by Crippen LogP contribution is -2.42. The molecule has 0 unspecified atom stereocenters. The Labute approximate surface area is 131 Å². The van der Waals surface area contributed by atoms with E-state index in [0.29, 0.717) is 5.56 Å². The van der Waals surface area contributed by atoms with E-state index < -0.39 is 0 Å². The van der Waals surface area contributed by atoms with E-state index in [1.807, 2.05) is 12.1 Å². The number of carbonyl (C=O) groups is 1. The molecule has 1 aromatic carbocycles. The highest BCUT2D eigenvalue weighted by Crippen LogP contribution is 2.20. The average molecular weight is 304 g/mol. The lowest BCUT2D eigenvalue weighted by molar-refractivity contribution is 0.0327. The SMILES string of the molecule is COC(=O)c1ccc2c(c1)CN(CCN1CCOCC1)CC2. The average Bonchev–Trinajstić information content (AvgIpc) is 2.59.